The predicted octanol–water partition coefficient (Wildman–Crippen LogP) is 1.83. The summed E-state index contributed by atoms with van der Waals surface area (Å²) in [7, 11) is 0. The van der Waals surface area contributed by atoms with Crippen molar-refractivity contribution in [3.8, 4) is 5.75 Å². The van der Waals surface area contributed by atoms with E-state index in [9.17, 15) is 4.79 Å². The van der Waals surface area contributed by atoms with Crippen LogP contribution in [0.25, 0.3) is 0 Å². The minimum atomic E-state index is 0.0362. The van der Waals surface area contributed by atoms with Gasteiger partial charge < -0.3 is 15.8 Å². The van der Waals surface area contributed by atoms with E-state index < -0.39 is 0 Å². The third-order valence-electron chi connectivity index (χ3n) is 2.53. The standard InChI is InChI=1S/C14H22N2O2/c1-3-18-13-6-4-5-12(9-13)10-16-14(17)8-7-11(2)15/h4-6,9,11H,3,7-8,10,15H2,1-2H3,(H,16,17). The quantitative estimate of drug-likeness (QED) is 0.776. The van der Waals surface area contributed by atoms with Crippen LogP contribution in [0, 0.1) is 0 Å². The molecule has 1 unspecified atom stereocenters. The molecular formula is C14H22N2O2. The van der Waals surface area contributed by atoms with E-state index >= 15 is 0 Å². The Balaban J connectivity index is 2.38. The van der Waals surface area contributed by atoms with Gasteiger partial charge in [-0.25, -0.2) is 0 Å². The highest BCUT2D eigenvalue weighted by Crippen LogP contribution is 2.13. The Morgan fingerprint density at radius 1 is 1.50 bits per heavy atom. The van der Waals surface area contributed by atoms with Crippen molar-refractivity contribution < 1.29 is 9.53 Å². The van der Waals surface area contributed by atoms with Gasteiger partial charge in [-0.2, -0.15) is 0 Å². The Hall–Kier alpha value is -1.55. The molecule has 3 N–H and O–H groups in total. The normalized spacial score (nSPS) is 11.9. The van der Waals surface area contributed by atoms with Crippen molar-refractivity contribution in [1.29, 1.82) is 0 Å². The van der Waals surface area contributed by atoms with Crippen LogP contribution in [0.1, 0.15) is 32.3 Å². The number of carbonyl (C=O) groups is 1. The summed E-state index contributed by atoms with van der Waals surface area (Å²) in [6.45, 7) is 5.02. The second-order valence-corrected chi connectivity index (χ2v) is 4.37. The zero-order valence-corrected chi connectivity index (χ0v) is 11.1. The molecule has 0 radical (unpaired) electrons. The van der Waals surface area contributed by atoms with E-state index in [1.807, 2.05) is 38.1 Å². The van der Waals surface area contributed by atoms with Gasteiger partial charge in [0.05, 0.1) is 6.61 Å². The topological polar surface area (TPSA) is 64.3 Å². The van der Waals surface area contributed by atoms with Gasteiger partial charge >= 0.3 is 0 Å². The van der Waals surface area contributed by atoms with Gasteiger partial charge in [-0.05, 0) is 38.0 Å². The zero-order valence-electron chi connectivity index (χ0n) is 11.1. The van der Waals surface area contributed by atoms with Crippen molar-refractivity contribution in [3.05, 3.63) is 29.8 Å². The molecular weight excluding hydrogens is 228 g/mol. The first-order valence-corrected chi connectivity index (χ1v) is 6.35. The molecule has 0 heterocycles. The molecule has 1 atom stereocenters. The minimum absolute atomic E-state index is 0.0362. The van der Waals surface area contributed by atoms with E-state index in [1.165, 1.54) is 0 Å². The molecule has 1 rings (SSSR count). The third kappa shape index (κ3) is 5.68. The molecule has 1 aromatic carbocycles. The summed E-state index contributed by atoms with van der Waals surface area (Å²) in [6.07, 6.45) is 1.19. The fraction of sp³-hybridized carbons (Fsp3) is 0.500. The molecule has 0 aromatic heterocycles. The predicted molar refractivity (Wildman–Crippen MR) is 72.3 cm³/mol. The number of ether oxygens (including phenoxy) is 1. The van der Waals surface area contributed by atoms with Crippen LogP contribution >= 0.6 is 0 Å². The Morgan fingerprint density at radius 3 is 2.94 bits per heavy atom. The molecule has 100 valence electrons. The van der Waals surface area contributed by atoms with Gasteiger partial charge in [0, 0.05) is 19.0 Å². The van der Waals surface area contributed by atoms with Crippen LogP contribution in [0.3, 0.4) is 0 Å². The largest absolute Gasteiger partial charge is 0.494 e. The molecule has 1 amide bonds. The number of amides is 1. The summed E-state index contributed by atoms with van der Waals surface area (Å²) in [5.41, 5.74) is 6.64. The molecule has 0 fully saturated rings. The molecule has 4 nitrogen and oxygen atoms in total. The summed E-state index contributed by atoms with van der Waals surface area (Å²) >= 11 is 0. The molecule has 0 aliphatic carbocycles. The first-order chi connectivity index (χ1) is 8.61. The maximum Gasteiger partial charge on any atom is 0.220 e. The highest BCUT2D eigenvalue weighted by atomic mass is 16.5. The van der Waals surface area contributed by atoms with Crippen LogP contribution in [-0.4, -0.2) is 18.6 Å². The monoisotopic (exact) mass is 250 g/mol. The van der Waals surface area contributed by atoms with E-state index in [0.717, 1.165) is 11.3 Å². The van der Waals surface area contributed by atoms with Gasteiger partial charge in [0.1, 0.15) is 5.75 Å². The molecule has 0 aliphatic rings. The summed E-state index contributed by atoms with van der Waals surface area (Å²) in [5, 5.41) is 2.87. The Kier molecular flexibility index (Phi) is 6.22. The van der Waals surface area contributed by atoms with Gasteiger partial charge in [0.15, 0.2) is 0 Å². The fourth-order valence-electron chi connectivity index (χ4n) is 1.56. The van der Waals surface area contributed by atoms with Gasteiger partial charge in [-0.3, -0.25) is 4.79 Å². The number of hydrogen-bond acceptors (Lipinski definition) is 3. The van der Waals surface area contributed by atoms with Crippen molar-refractivity contribution in [2.45, 2.75) is 39.3 Å². The number of benzene rings is 1. The first kappa shape index (κ1) is 14.5. The van der Waals surface area contributed by atoms with Crippen molar-refractivity contribution in [2.75, 3.05) is 6.61 Å². The fourth-order valence-corrected chi connectivity index (χ4v) is 1.56. The lowest BCUT2D eigenvalue weighted by Gasteiger charge is -2.08. The summed E-state index contributed by atoms with van der Waals surface area (Å²) < 4.78 is 5.40. The van der Waals surface area contributed by atoms with Crippen molar-refractivity contribution >= 4 is 5.91 Å². The van der Waals surface area contributed by atoms with Gasteiger partial charge in [-0.15, -0.1) is 0 Å². The van der Waals surface area contributed by atoms with Crippen LogP contribution in [-0.2, 0) is 11.3 Å². The summed E-state index contributed by atoms with van der Waals surface area (Å²) in [5.74, 6) is 0.869. The number of hydrogen-bond donors (Lipinski definition) is 2. The van der Waals surface area contributed by atoms with E-state index in [0.29, 0.717) is 26.0 Å². The molecule has 0 saturated heterocycles. The molecule has 0 aliphatic heterocycles. The lowest BCUT2D eigenvalue weighted by Crippen LogP contribution is -2.25. The highest BCUT2D eigenvalue weighted by Gasteiger charge is 2.03. The summed E-state index contributed by atoms with van der Waals surface area (Å²) in [4.78, 5) is 11.5. The van der Waals surface area contributed by atoms with Crippen molar-refractivity contribution in [1.82, 2.24) is 5.32 Å². The van der Waals surface area contributed by atoms with Crippen molar-refractivity contribution in [3.63, 3.8) is 0 Å². The third-order valence-corrected chi connectivity index (χ3v) is 2.53. The molecule has 0 saturated carbocycles. The molecule has 1 aromatic rings. The van der Waals surface area contributed by atoms with Crippen LogP contribution in [0.4, 0.5) is 0 Å². The van der Waals surface area contributed by atoms with E-state index in [-0.39, 0.29) is 11.9 Å². The maximum atomic E-state index is 11.5. The van der Waals surface area contributed by atoms with Gasteiger partial charge in [0.25, 0.3) is 0 Å². The highest BCUT2D eigenvalue weighted by molar-refractivity contribution is 5.75. The average molecular weight is 250 g/mol. The molecule has 4 heteroatoms. The Labute approximate surface area is 109 Å². The van der Waals surface area contributed by atoms with Crippen LogP contribution in [0.15, 0.2) is 24.3 Å². The number of rotatable bonds is 7. The lowest BCUT2D eigenvalue weighted by atomic mass is 10.2. The first-order valence-electron chi connectivity index (χ1n) is 6.35. The summed E-state index contributed by atoms with van der Waals surface area (Å²) in [6, 6.07) is 7.81. The van der Waals surface area contributed by atoms with Gasteiger partial charge in [0.2, 0.25) is 5.91 Å². The van der Waals surface area contributed by atoms with Gasteiger partial charge in [-0.1, -0.05) is 12.1 Å². The molecule has 0 spiro atoms. The number of carbonyl (C=O) groups excluding carboxylic acids is 1. The van der Waals surface area contributed by atoms with E-state index in [4.69, 9.17) is 10.5 Å². The van der Waals surface area contributed by atoms with Crippen molar-refractivity contribution in [2.24, 2.45) is 5.73 Å². The Bertz CT molecular complexity index is 378. The minimum Gasteiger partial charge on any atom is -0.494 e. The number of nitrogens with one attached hydrogen (secondary N) is 1. The van der Waals surface area contributed by atoms with E-state index in [2.05, 4.69) is 5.32 Å². The smallest absolute Gasteiger partial charge is 0.220 e. The number of nitrogens with two attached hydrogens (primary N) is 1. The molecule has 0 bridgehead atoms. The van der Waals surface area contributed by atoms with Crippen LogP contribution in [0.2, 0.25) is 0 Å². The Morgan fingerprint density at radius 2 is 2.28 bits per heavy atom. The zero-order chi connectivity index (χ0) is 13.4. The van der Waals surface area contributed by atoms with E-state index in [1.54, 1.807) is 0 Å². The average Bonchev–Trinajstić information content (AvgIpc) is 2.35. The second-order valence-electron chi connectivity index (χ2n) is 4.37. The van der Waals surface area contributed by atoms with Crippen LogP contribution < -0.4 is 15.8 Å². The SMILES string of the molecule is CCOc1cccc(CNC(=O)CCC(C)N)c1. The second kappa shape index (κ2) is 7.71. The maximum absolute atomic E-state index is 11.5. The van der Waals surface area contributed by atoms with Crippen LogP contribution in [0.5, 0.6) is 5.75 Å². The molecule has 18 heavy (non-hydrogen) atoms. The lowest BCUT2D eigenvalue weighted by molar-refractivity contribution is -0.121.